The second-order valence-electron chi connectivity index (χ2n) is 5.83. The minimum absolute atomic E-state index is 0.0896. The monoisotopic (exact) mass is 275 g/mol. The first kappa shape index (κ1) is 13.4. The van der Waals surface area contributed by atoms with Crippen LogP contribution in [0.4, 0.5) is 0 Å². The van der Waals surface area contributed by atoms with Crippen LogP contribution in [0.1, 0.15) is 40.9 Å². The summed E-state index contributed by atoms with van der Waals surface area (Å²) in [6.45, 7) is 6.48. The van der Waals surface area contributed by atoms with Crippen molar-refractivity contribution in [1.29, 1.82) is 0 Å². The van der Waals surface area contributed by atoms with Gasteiger partial charge in [-0.15, -0.1) is 0 Å². The molecule has 0 bridgehead atoms. The summed E-state index contributed by atoms with van der Waals surface area (Å²) in [6.07, 6.45) is 1.90. The maximum atomic E-state index is 12.5. The van der Waals surface area contributed by atoms with Gasteiger partial charge >= 0.3 is 0 Å². The molecule has 4 heteroatoms. The van der Waals surface area contributed by atoms with Gasteiger partial charge in [0.25, 0.3) is 0 Å². The fourth-order valence-electron chi connectivity index (χ4n) is 3.27. The number of carbonyl (C=O) groups is 1. The Morgan fingerprint density at radius 3 is 2.40 bits per heavy atom. The van der Waals surface area contributed by atoms with Crippen LogP contribution in [0, 0.1) is 6.92 Å². The molecular formula is C16H21NO3. The summed E-state index contributed by atoms with van der Waals surface area (Å²) in [5, 5.41) is 2.94. The van der Waals surface area contributed by atoms with Gasteiger partial charge in [-0.1, -0.05) is 0 Å². The van der Waals surface area contributed by atoms with Gasteiger partial charge in [-0.05, 0) is 33.4 Å². The van der Waals surface area contributed by atoms with Gasteiger partial charge in [0.1, 0.15) is 23.7 Å². The molecule has 0 amide bonds. The molecule has 3 rings (SSSR count). The Labute approximate surface area is 119 Å². The van der Waals surface area contributed by atoms with Crippen LogP contribution >= 0.6 is 0 Å². The number of ether oxygens (including phenoxy) is 2. The molecular weight excluding hydrogens is 254 g/mol. The van der Waals surface area contributed by atoms with Crippen molar-refractivity contribution < 1.29 is 14.3 Å². The zero-order chi connectivity index (χ0) is 14.4. The zero-order valence-electron chi connectivity index (χ0n) is 12.5. The van der Waals surface area contributed by atoms with Crippen LogP contribution in [0.5, 0.6) is 11.5 Å². The number of nitrogens with one attached hydrogen (secondary N) is 1. The molecule has 0 radical (unpaired) electrons. The standard InChI is InChI=1S/C16H21NO3/c1-8-5-11-10(3)15-12(6-9(2)19-15)14(16(11)20-8)13(18)7-17-4/h8-9,17H,5-7H2,1-4H3. The molecule has 0 fully saturated rings. The average Bonchev–Trinajstić information content (AvgIpc) is 2.93. The molecule has 2 unspecified atom stereocenters. The normalized spacial score (nSPS) is 23.0. The van der Waals surface area contributed by atoms with E-state index in [1.165, 1.54) is 0 Å². The van der Waals surface area contributed by atoms with Gasteiger partial charge in [0.15, 0.2) is 5.78 Å². The SMILES string of the molecule is CNCC(=O)c1c2c(c(C)c3c1OC(C)C3)OC(C)C2. The number of likely N-dealkylation sites (N-methyl/N-ethyl adjacent to an activating group) is 1. The second kappa shape index (κ2) is 4.77. The van der Waals surface area contributed by atoms with Crippen molar-refractivity contribution >= 4 is 5.78 Å². The summed E-state index contributed by atoms with van der Waals surface area (Å²) in [5.74, 6) is 1.80. The van der Waals surface area contributed by atoms with Crippen LogP contribution in [0.3, 0.4) is 0 Å². The molecule has 1 N–H and O–H groups in total. The summed E-state index contributed by atoms with van der Waals surface area (Å²) >= 11 is 0. The van der Waals surface area contributed by atoms with Crippen LogP contribution in [0.2, 0.25) is 0 Å². The molecule has 1 aromatic rings. The van der Waals surface area contributed by atoms with Gasteiger partial charge in [-0.2, -0.15) is 0 Å². The van der Waals surface area contributed by atoms with Crippen LogP contribution in [0.25, 0.3) is 0 Å². The van der Waals surface area contributed by atoms with Crippen LogP contribution in [-0.4, -0.2) is 31.6 Å². The third-order valence-corrected chi connectivity index (χ3v) is 4.11. The minimum atomic E-state index is 0.0896. The van der Waals surface area contributed by atoms with Gasteiger partial charge in [0.05, 0.1) is 12.1 Å². The molecule has 2 aliphatic rings. The molecule has 0 saturated carbocycles. The Balaban J connectivity index is 2.20. The summed E-state index contributed by atoms with van der Waals surface area (Å²) in [6, 6.07) is 0. The number of hydrogen-bond donors (Lipinski definition) is 1. The Morgan fingerprint density at radius 1 is 1.15 bits per heavy atom. The van der Waals surface area contributed by atoms with Crippen molar-refractivity contribution in [2.24, 2.45) is 0 Å². The van der Waals surface area contributed by atoms with Crippen molar-refractivity contribution in [3.63, 3.8) is 0 Å². The Kier molecular flexibility index (Phi) is 3.21. The number of benzene rings is 1. The highest BCUT2D eigenvalue weighted by Crippen LogP contribution is 2.46. The minimum Gasteiger partial charge on any atom is -0.490 e. The topological polar surface area (TPSA) is 47.6 Å². The fraction of sp³-hybridized carbons (Fsp3) is 0.562. The number of ketones is 1. The van der Waals surface area contributed by atoms with E-state index < -0.39 is 0 Å². The molecule has 108 valence electrons. The molecule has 2 heterocycles. The number of hydrogen-bond acceptors (Lipinski definition) is 4. The van der Waals surface area contributed by atoms with Crippen molar-refractivity contribution in [2.75, 3.05) is 13.6 Å². The van der Waals surface area contributed by atoms with E-state index in [0.29, 0.717) is 6.54 Å². The summed E-state index contributed by atoms with van der Waals surface area (Å²) < 4.78 is 11.9. The highest BCUT2D eigenvalue weighted by molar-refractivity contribution is 6.03. The Hall–Kier alpha value is -1.55. The van der Waals surface area contributed by atoms with E-state index in [1.54, 1.807) is 7.05 Å². The van der Waals surface area contributed by atoms with Gasteiger partial charge in [0.2, 0.25) is 0 Å². The van der Waals surface area contributed by atoms with E-state index in [-0.39, 0.29) is 18.0 Å². The van der Waals surface area contributed by atoms with E-state index in [2.05, 4.69) is 12.2 Å². The smallest absolute Gasteiger partial charge is 0.180 e. The van der Waals surface area contributed by atoms with E-state index in [9.17, 15) is 4.79 Å². The molecule has 0 spiro atoms. The summed E-state index contributed by atoms with van der Waals surface area (Å²) in [7, 11) is 1.79. The lowest BCUT2D eigenvalue weighted by Crippen LogP contribution is -2.21. The lowest BCUT2D eigenvalue weighted by atomic mass is 9.91. The summed E-state index contributed by atoms with van der Waals surface area (Å²) in [4.78, 5) is 12.5. The van der Waals surface area contributed by atoms with Crippen molar-refractivity contribution in [3.05, 3.63) is 22.3 Å². The number of Topliss-reactive ketones (excluding diaryl/α,β-unsaturated/α-hetero) is 1. The maximum Gasteiger partial charge on any atom is 0.180 e. The predicted octanol–water partition coefficient (Wildman–Crippen LogP) is 2.04. The molecule has 0 aromatic heterocycles. The molecule has 0 aliphatic carbocycles. The van der Waals surface area contributed by atoms with E-state index >= 15 is 0 Å². The largest absolute Gasteiger partial charge is 0.490 e. The lowest BCUT2D eigenvalue weighted by molar-refractivity contribution is 0.0988. The zero-order valence-corrected chi connectivity index (χ0v) is 12.5. The number of fused-ring (bicyclic) bond motifs is 2. The first-order valence-corrected chi connectivity index (χ1v) is 7.22. The Morgan fingerprint density at radius 2 is 1.75 bits per heavy atom. The van der Waals surface area contributed by atoms with E-state index in [0.717, 1.165) is 46.6 Å². The molecule has 2 aliphatic heterocycles. The quantitative estimate of drug-likeness (QED) is 0.858. The molecule has 0 saturated heterocycles. The molecule has 1 aromatic carbocycles. The lowest BCUT2D eigenvalue weighted by Gasteiger charge is -2.15. The number of carbonyl (C=O) groups excluding carboxylic acids is 1. The van der Waals surface area contributed by atoms with Gasteiger partial charge in [0, 0.05) is 24.0 Å². The van der Waals surface area contributed by atoms with Crippen LogP contribution in [0.15, 0.2) is 0 Å². The Bertz CT molecular complexity index is 541. The van der Waals surface area contributed by atoms with E-state index in [4.69, 9.17) is 9.47 Å². The second-order valence-corrected chi connectivity index (χ2v) is 5.83. The van der Waals surface area contributed by atoms with Gasteiger partial charge in [-0.3, -0.25) is 4.79 Å². The molecule has 2 atom stereocenters. The van der Waals surface area contributed by atoms with E-state index in [1.807, 2.05) is 13.8 Å². The fourth-order valence-corrected chi connectivity index (χ4v) is 3.27. The predicted molar refractivity (Wildman–Crippen MR) is 77.0 cm³/mol. The third kappa shape index (κ3) is 1.90. The van der Waals surface area contributed by atoms with Crippen LogP contribution in [-0.2, 0) is 12.8 Å². The van der Waals surface area contributed by atoms with Crippen molar-refractivity contribution in [2.45, 2.75) is 45.8 Å². The molecule has 20 heavy (non-hydrogen) atoms. The highest BCUT2D eigenvalue weighted by atomic mass is 16.5. The average molecular weight is 275 g/mol. The molecule has 4 nitrogen and oxygen atoms in total. The number of rotatable bonds is 3. The first-order valence-electron chi connectivity index (χ1n) is 7.22. The van der Waals surface area contributed by atoms with Gasteiger partial charge < -0.3 is 14.8 Å². The van der Waals surface area contributed by atoms with Crippen molar-refractivity contribution in [1.82, 2.24) is 5.32 Å². The maximum absolute atomic E-state index is 12.5. The van der Waals surface area contributed by atoms with Crippen molar-refractivity contribution in [3.8, 4) is 11.5 Å². The summed E-state index contributed by atoms with van der Waals surface area (Å²) in [5.41, 5.74) is 4.06. The third-order valence-electron chi connectivity index (χ3n) is 4.11. The first-order chi connectivity index (χ1) is 9.52. The van der Waals surface area contributed by atoms with Gasteiger partial charge in [-0.25, -0.2) is 0 Å². The highest BCUT2D eigenvalue weighted by Gasteiger charge is 2.36. The van der Waals surface area contributed by atoms with Crippen LogP contribution < -0.4 is 14.8 Å².